The highest BCUT2D eigenvalue weighted by atomic mass is 32.1. The second kappa shape index (κ2) is 7.16. The van der Waals surface area contributed by atoms with Crippen molar-refractivity contribution in [1.82, 2.24) is 9.55 Å². The zero-order valence-corrected chi connectivity index (χ0v) is 15.0. The van der Waals surface area contributed by atoms with Crippen LogP contribution in [0.4, 0.5) is 4.39 Å². The highest BCUT2D eigenvalue weighted by molar-refractivity contribution is 7.18. The van der Waals surface area contributed by atoms with E-state index in [9.17, 15) is 9.18 Å². The zero-order chi connectivity index (χ0) is 18.0. The van der Waals surface area contributed by atoms with Crippen molar-refractivity contribution in [3.05, 3.63) is 62.3 Å². The summed E-state index contributed by atoms with van der Waals surface area (Å²) in [6, 6.07) is 8.62. The normalized spacial score (nSPS) is 11.0. The number of fused-ring (bicyclic) bond motifs is 1. The summed E-state index contributed by atoms with van der Waals surface area (Å²) in [4.78, 5) is 19.4. The summed E-state index contributed by atoms with van der Waals surface area (Å²) in [5.41, 5.74) is 1.35. The van der Waals surface area contributed by atoms with Crippen molar-refractivity contribution < 1.29 is 4.39 Å². The molecular formula is C19H18FN3OS. The third-order valence-electron chi connectivity index (χ3n) is 4.34. The van der Waals surface area contributed by atoms with Crippen LogP contribution in [-0.2, 0) is 13.0 Å². The van der Waals surface area contributed by atoms with E-state index in [0.717, 1.165) is 10.4 Å². The molecule has 0 aliphatic rings. The Hall–Kier alpha value is -2.52. The quantitative estimate of drug-likeness (QED) is 0.647. The van der Waals surface area contributed by atoms with Gasteiger partial charge in [0.1, 0.15) is 16.5 Å². The van der Waals surface area contributed by atoms with Crippen LogP contribution in [0.5, 0.6) is 0 Å². The molecule has 0 atom stereocenters. The Morgan fingerprint density at radius 1 is 1.32 bits per heavy atom. The molecule has 0 N–H and O–H groups in total. The second-order valence-electron chi connectivity index (χ2n) is 5.98. The van der Waals surface area contributed by atoms with Gasteiger partial charge in [0.05, 0.1) is 11.5 Å². The molecule has 1 aromatic carbocycles. The zero-order valence-electron chi connectivity index (χ0n) is 14.2. The summed E-state index contributed by atoms with van der Waals surface area (Å²) in [6.45, 7) is 4.30. The lowest BCUT2D eigenvalue weighted by Crippen LogP contribution is -2.26. The Kier molecular flexibility index (Phi) is 4.95. The molecule has 0 bridgehead atoms. The molecular weight excluding hydrogens is 337 g/mol. The lowest BCUT2D eigenvalue weighted by molar-refractivity contribution is 0.582. The van der Waals surface area contributed by atoms with Crippen LogP contribution in [-0.4, -0.2) is 9.55 Å². The third kappa shape index (κ3) is 3.33. The Labute approximate surface area is 149 Å². The lowest BCUT2D eigenvalue weighted by Gasteiger charge is -2.12. The van der Waals surface area contributed by atoms with E-state index in [2.05, 4.69) is 11.1 Å². The maximum absolute atomic E-state index is 14.0. The molecule has 128 valence electrons. The highest BCUT2D eigenvalue weighted by Gasteiger charge is 2.17. The van der Waals surface area contributed by atoms with Crippen LogP contribution in [0.3, 0.4) is 0 Å². The van der Waals surface area contributed by atoms with Gasteiger partial charge in [-0.1, -0.05) is 18.2 Å². The molecule has 0 fully saturated rings. The number of aromatic nitrogens is 2. The number of hydrogen-bond acceptors (Lipinski definition) is 4. The molecule has 4 nitrogen and oxygen atoms in total. The van der Waals surface area contributed by atoms with Crippen molar-refractivity contribution in [3.63, 3.8) is 0 Å². The van der Waals surface area contributed by atoms with Crippen LogP contribution < -0.4 is 5.56 Å². The molecule has 2 heterocycles. The molecule has 0 amide bonds. The van der Waals surface area contributed by atoms with E-state index in [1.165, 1.54) is 17.4 Å². The van der Waals surface area contributed by atoms with Gasteiger partial charge in [-0.3, -0.25) is 9.36 Å². The van der Waals surface area contributed by atoms with E-state index < -0.39 is 0 Å². The number of rotatable bonds is 5. The average Bonchev–Trinajstić information content (AvgIpc) is 2.87. The van der Waals surface area contributed by atoms with Crippen molar-refractivity contribution in [2.75, 3.05) is 0 Å². The first-order valence-electron chi connectivity index (χ1n) is 8.12. The first-order valence-corrected chi connectivity index (χ1v) is 8.94. The van der Waals surface area contributed by atoms with Gasteiger partial charge < -0.3 is 0 Å². The van der Waals surface area contributed by atoms with Crippen molar-refractivity contribution in [3.8, 4) is 6.07 Å². The number of hydrogen-bond donors (Lipinski definition) is 0. The molecule has 0 radical (unpaired) electrons. The number of benzene rings is 1. The van der Waals surface area contributed by atoms with Crippen molar-refractivity contribution in [2.45, 2.75) is 39.7 Å². The summed E-state index contributed by atoms with van der Waals surface area (Å²) in [6.07, 6.45) is 1.18. The minimum atomic E-state index is -0.307. The molecule has 0 aliphatic heterocycles. The summed E-state index contributed by atoms with van der Waals surface area (Å²) < 4.78 is 15.6. The summed E-state index contributed by atoms with van der Waals surface area (Å²) in [7, 11) is 0. The standard InChI is InChI=1S/C19H18FN3OS/c1-12-13(2)25-18-17(12)19(24)23(10-6-5-9-21)16(22-18)11-14-7-3-4-8-15(14)20/h3-4,7-8H,5-6,10-11H2,1-2H3. The number of nitriles is 1. The first-order chi connectivity index (χ1) is 12.0. The fourth-order valence-electron chi connectivity index (χ4n) is 2.86. The van der Waals surface area contributed by atoms with E-state index in [4.69, 9.17) is 5.26 Å². The molecule has 0 aliphatic carbocycles. The molecule has 3 aromatic rings. The van der Waals surface area contributed by atoms with E-state index in [1.54, 1.807) is 22.8 Å². The second-order valence-corrected chi connectivity index (χ2v) is 7.18. The van der Waals surface area contributed by atoms with Crippen LogP contribution in [0, 0.1) is 31.0 Å². The fourth-order valence-corrected chi connectivity index (χ4v) is 3.90. The Morgan fingerprint density at radius 3 is 2.80 bits per heavy atom. The van der Waals surface area contributed by atoms with Crippen LogP contribution in [0.1, 0.15) is 34.7 Å². The van der Waals surface area contributed by atoms with Gasteiger partial charge in [-0.2, -0.15) is 5.26 Å². The molecule has 0 unspecified atom stereocenters. The van der Waals surface area contributed by atoms with E-state index >= 15 is 0 Å². The van der Waals surface area contributed by atoms with Crippen LogP contribution in [0.15, 0.2) is 29.1 Å². The first kappa shape index (κ1) is 17.3. The van der Waals surface area contributed by atoms with Gasteiger partial charge in [0.15, 0.2) is 0 Å². The Bertz CT molecular complexity index is 1030. The minimum Gasteiger partial charge on any atom is -0.296 e. The lowest BCUT2D eigenvalue weighted by atomic mass is 10.1. The largest absolute Gasteiger partial charge is 0.296 e. The smallest absolute Gasteiger partial charge is 0.262 e. The Balaban J connectivity index is 2.15. The summed E-state index contributed by atoms with van der Waals surface area (Å²) in [5.74, 6) is 0.237. The van der Waals surface area contributed by atoms with Crippen molar-refractivity contribution in [1.29, 1.82) is 5.26 Å². The summed E-state index contributed by atoms with van der Waals surface area (Å²) in [5, 5.41) is 9.41. The predicted molar refractivity (Wildman–Crippen MR) is 97.4 cm³/mol. The van der Waals surface area contributed by atoms with E-state index in [-0.39, 0.29) is 17.8 Å². The number of thiophene rings is 1. The average molecular weight is 355 g/mol. The maximum Gasteiger partial charge on any atom is 0.262 e. The molecule has 25 heavy (non-hydrogen) atoms. The van der Waals surface area contributed by atoms with Gasteiger partial charge in [0.2, 0.25) is 0 Å². The molecule has 0 spiro atoms. The van der Waals surface area contributed by atoms with E-state index in [0.29, 0.717) is 41.0 Å². The monoisotopic (exact) mass is 355 g/mol. The maximum atomic E-state index is 14.0. The van der Waals surface area contributed by atoms with Gasteiger partial charge in [-0.15, -0.1) is 11.3 Å². The summed E-state index contributed by atoms with van der Waals surface area (Å²) >= 11 is 1.49. The van der Waals surface area contributed by atoms with E-state index in [1.807, 2.05) is 13.8 Å². The van der Waals surface area contributed by atoms with Crippen LogP contribution in [0.2, 0.25) is 0 Å². The van der Waals surface area contributed by atoms with Crippen LogP contribution in [0.25, 0.3) is 10.2 Å². The van der Waals surface area contributed by atoms with Crippen molar-refractivity contribution >= 4 is 21.6 Å². The fraction of sp³-hybridized carbons (Fsp3) is 0.316. The van der Waals surface area contributed by atoms with Gasteiger partial charge in [-0.25, -0.2) is 9.37 Å². The molecule has 0 saturated heterocycles. The predicted octanol–water partition coefficient (Wildman–Crippen LogP) is 4.11. The van der Waals surface area contributed by atoms with Gasteiger partial charge >= 0.3 is 0 Å². The Morgan fingerprint density at radius 2 is 2.08 bits per heavy atom. The molecule has 2 aromatic heterocycles. The number of nitrogens with zero attached hydrogens (tertiary/aromatic N) is 3. The SMILES string of the molecule is Cc1sc2nc(Cc3ccccc3F)n(CCCC#N)c(=O)c2c1C. The van der Waals surface area contributed by atoms with Crippen molar-refractivity contribution in [2.24, 2.45) is 0 Å². The number of halogens is 1. The molecule has 6 heteroatoms. The highest BCUT2D eigenvalue weighted by Crippen LogP contribution is 2.27. The van der Waals surface area contributed by atoms with Gasteiger partial charge in [-0.05, 0) is 37.5 Å². The topological polar surface area (TPSA) is 58.7 Å². The molecule has 0 saturated carbocycles. The number of unbranched alkanes of at least 4 members (excludes halogenated alkanes) is 1. The minimum absolute atomic E-state index is 0.101. The van der Waals surface area contributed by atoms with Gasteiger partial charge in [0, 0.05) is 24.3 Å². The number of aryl methyl sites for hydroxylation is 2. The third-order valence-corrected chi connectivity index (χ3v) is 5.45. The molecule has 3 rings (SSSR count). The van der Waals surface area contributed by atoms with Crippen LogP contribution >= 0.6 is 11.3 Å². The van der Waals surface area contributed by atoms with Gasteiger partial charge in [0.25, 0.3) is 5.56 Å².